The second kappa shape index (κ2) is 6.60. The van der Waals surface area contributed by atoms with Crippen molar-refractivity contribution < 1.29 is 4.42 Å². The van der Waals surface area contributed by atoms with Crippen LogP contribution in [0.25, 0.3) is 11.3 Å². The standard InChI is InChI=1S/C18H20N6O/c1-13-19-22-18(25-13)12-23(2)15-10-24(11-15)17-9-8-16(20-21-17)14-6-4-3-5-7-14/h3-9,15H,10-12H2,1-2H3. The molecule has 1 saturated heterocycles. The lowest BCUT2D eigenvalue weighted by Crippen LogP contribution is -2.58. The van der Waals surface area contributed by atoms with E-state index in [-0.39, 0.29) is 0 Å². The number of aromatic nitrogens is 4. The fourth-order valence-corrected chi connectivity index (χ4v) is 2.92. The van der Waals surface area contributed by atoms with Gasteiger partial charge >= 0.3 is 0 Å². The van der Waals surface area contributed by atoms with E-state index >= 15 is 0 Å². The molecule has 2 aromatic heterocycles. The molecule has 1 fully saturated rings. The van der Waals surface area contributed by atoms with Crippen molar-refractivity contribution in [1.82, 2.24) is 25.3 Å². The molecule has 0 atom stereocenters. The molecule has 0 unspecified atom stereocenters. The molecule has 0 spiro atoms. The molecule has 1 aliphatic heterocycles. The van der Waals surface area contributed by atoms with E-state index in [9.17, 15) is 0 Å². The van der Waals surface area contributed by atoms with E-state index in [0.717, 1.165) is 30.2 Å². The van der Waals surface area contributed by atoms with Crippen molar-refractivity contribution >= 4 is 5.82 Å². The minimum Gasteiger partial charge on any atom is -0.424 e. The van der Waals surface area contributed by atoms with Gasteiger partial charge in [0.25, 0.3) is 0 Å². The monoisotopic (exact) mass is 336 g/mol. The first-order valence-corrected chi connectivity index (χ1v) is 8.32. The van der Waals surface area contributed by atoms with Gasteiger partial charge < -0.3 is 9.32 Å². The summed E-state index contributed by atoms with van der Waals surface area (Å²) >= 11 is 0. The number of aryl methyl sites for hydroxylation is 1. The molecular formula is C18H20N6O. The molecule has 0 aliphatic carbocycles. The van der Waals surface area contributed by atoms with Crippen molar-refractivity contribution in [3.05, 3.63) is 54.2 Å². The highest BCUT2D eigenvalue weighted by atomic mass is 16.4. The molecule has 0 N–H and O–H groups in total. The quantitative estimate of drug-likeness (QED) is 0.707. The predicted molar refractivity (Wildman–Crippen MR) is 94.0 cm³/mol. The lowest BCUT2D eigenvalue weighted by Gasteiger charge is -2.44. The van der Waals surface area contributed by atoms with Gasteiger partial charge in [0.2, 0.25) is 11.8 Å². The number of benzene rings is 1. The van der Waals surface area contributed by atoms with Crippen LogP contribution >= 0.6 is 0 Å². The zero-order valence-corrected chi connectivity index (χ0v) is 14.3. The van der Waals surface area contributed by atoms with Gasteiger partial charge in [0.05, 0.1) is 12.2 Å². The van der Waals surface area contributed by atoms with Crippen molar-refractivity contribution in [2.75, 3.05) is 25.0 Å². The summed E-state index contributed by atoms with van der Waals surface area (Å²) in [6.45, 7) is 4.31. The van der Waals surface area contributed by atoms with Crippen LogP contribution in [0.1, 0.15) is 11.8 Å². The zero-order valence-electron chi connectivity index (χ0n) is 14.3. The first-order chi connectivity index (χ1) is 12.2. The summed E-state index contributed by atoms with van der Waals surface area (Å²) in [6, 6.07) is 14.6. The fourth-order valence-electron chi connectivity index (χ4n) is 2.92. The molecule has 1 aliphatic rings. The minimum absolute atomic E-state index is 0.447. The normalized spacial score (nSPS) is 14.8. The van der Waals surface area contributed by atoms with Crippen LogP contribution in [-0.2, 0) is 6.54 Å². The van der Waals surface area contributed by atoms with Crippen LogP contribution in [0.5, 0.6) is 0 Å². The van der Waals surface area contributed by atoms with Gasteiger partial charge in [0.15, 0.2) is 5.82 Å². The Morgan fingerprint density at radius 2 is 1.84 bits per heavy atom. The number of nitrogens with zero attached hydrogens (tertiary/aromatic N) is 6. The van der Waals surface area contributed by atoms with Gasteiger partial charge in [-0.25, -0.2) is 0 Å². The van der Waals surface area contributed by atoms with Crippen molar-refractivity contribution in [2.24, 2.45) is 0 Å². The number of hydrogen-bond acceptors (Lipinski definition) is 7. The van der Waals surface area contributed by atoms with E-state index < -0.39 is 0 Å². The van der Waals surface area contributed by atoms with Crippen molar-refractivity contribution in [3.63, 3.8) is 0 Å². The summed E-state index contributed by atoms with van der Waals surface area (Å²) in [5, 5.41) is 16.6. The third-order valence-electron chi connectivity index (χ3n) is 4.48. The molecule has 0 bridgehead atoms. The van der Waals surface area contributed by atoms with Crippen LogP contribution in [-0.4, -0.2) is 51.5 Å². The molecule has 7 heteroatoms. The van der Waals surface area contributed by atoms with Gasteiger partial charge in [0.1, 0.15) is 0 Å². The average molecular weight is 336 g/mol. The Morgan fingerprint density at radius 1 is 1.04 bits per heavy atom. The predicted octanol–water partition coefficient (Wildman–Crippen LogP) is 2.16. The van der Waals surface area contributed by atoms with E-state index in [4.69, 9.17) is 4.42 Å². The molecule has 3 aromatic rings. The fraction of sp³-hybridized carbons (Fsp3) is 0.333. The summed E-state index contributed by atoms with van der Waals surface area (Å²) in [4.78, 5) is 4.46. The summed E-state index contributed by atoms with van der Waals surface area (Å²) in [5.41, 5.74) is 1.97. The first kappa shape index (κ1) is 15.7. The van der Waals surface area contributed by atoms with Crippen molar-refractivity contribution in [1.29, 1.82) is 0 Å². The lowest BCUT2D eigenvalue weighted by molar-refractivity contribution is 0.179. The highest BCUT2D eigenvalue weighted by molar-refractivity contribution is 5.59. The minimum atomic E-state index is 0.447. The zero-order chi connectivity index (χ0) is 17.2. The van der Waals surface area contributed by atoms with Crippen LogP contribution in [0.4, 0.5) is 5.82 Å². The van der Waals surface area contributed by atoms with Crippen LogP contribution in [0, 0.1) is 6.92 Å². The summed E-state index contributed by atoms with van der Waals surface area (Å²) in [6.07, 6.45) is 0. The third kappa shape index (κ3) is 3.36. The maximum Gasteiger partial charge on any atom is 0.230 e. The van der Waals surface area contributed by atoms with E-state index in [1.54, 1.807) is 6.92 Å². The lowest BCUT2D eigenvalue weighted by atomic mass is 10.1. The molecule has 0 amide bonds. The van der Waals surface area contributed by atoms with Gasteiger partial charge in [-0.15, -0.1) is 20.4 Å². The van der Waals surface area contributed by atoms with E-state index in [2.05, 4.69) is 37.2 Å². The van der Waals surface area contributed by atoms with Gasteiger partial charge in [-0.1, -0.05) is 30.3 Å². The van der Waals surface area contributed by atoms with Gasteiger partial charge in [-0.3, -0.25) is 4.90 Å². The van der Waals surface area contributed by atoms with Crippen LogP contribution in [0.3, 0.4) is 0 Å². The van der Waals surface area contributed by atoms with Gasteiger partial charge in [-0.2, -0.15) is 0 Å². The van der Waals surface area contributed by atoms with E-state index in [0.29, 0.717) is 24.4 Å². The molecule has 7 nitrogen and oxygen atoms in total. The maximum absolute atomic E-state index is 5.44. The highest BCUT2D eigenvalue weighted by Crippen LogP contribution is 2.23. The maximum atomic E-state index is 5.44. The Labute approximate surface area is 146 Å². The summed E-state index contributed by atoms with van der Waals surface area (Å²) < 4.78 is 5.44. The molecule has 0 radical (unpaired) electrons. The number of anilines is 1. The van der Waals surface area contributed by atoms with Gasteiger partial charge in [0, 0.05) is 31.6 Å². The largest absolute Gasteiger partial charge is 0.424 e. The van der Waals surface area contributed by atoms with Crippen LogP contribution < -0.4 is 4.90 Å². The smallest absolute Gasteiger partial charge is 0.230 e. The Hall–Kier alpha value is -2.80. The second-order valence-corrected chi connectivity index (χ2v) is 6.33. The Morgan fingerprint density at radius 3 is 2.48 bits per heavy atom. The van der Waals surface area contributed by atoms with Crippen molar-refractivity contribution in [2.45, 2.75) is 19.5 Å². The van der Waals surface area contributed by atoms with Crippen molar-refractivity contribution in [3.8, 4) is 11.3 Å². The number of rotatable bonds is 5. The molecule has 128 valence electrons. The molecule has 4 rings (SSSR count). The molecule has 25 heavy (non-hydrogen) atoms. The van der Waals surface area contributed by atoms with Crippen LogP contribution in [0.15, 0.2) is 46.9 Å². The topological polar surface area (TPSA) is 71.2 Å². The average Bonchev–Trinajstić information content (AvgIpc) is 3.00. The highest BCUT2D eigenvalue weighted by Gasteiger charge is 2.31. The number of hydrogen-bond donors (Lipinski definition) is 0. The second-order valence-electron chi connectivity index (χ2n) is 6.33. The Bertz CT molecular complexity index is 826. The molecule has 1 aromatic carbocycles. The van der Waals surface area contributed by atoms with E-state index in [1.807, 2.05) is 42.5 Å². The molecule has 3 heterocycles. The molecular weight excluding hydrogens is 316 g/mol. The first-order valence-electron chi connectivity index (χ1n) is 8.32. The summed E-state index contributed by atoms with van der Waals surface area (Å²) in [5.74, 6) is 2.18. The number of likely N-dealkylation sites (N-methyl/N-ethyl adjacent to an activating group) is 1. The van der Waals surface area contributed by atoms with Crippen LogP contribution in [0.2, 0.25) is 0 Å². The Balaban J connectivity index is 1.34. The SMILES string of the molecule is Cc1nnc(CN(C)C2CN(c3ccc(-c4ccccc4)nn3)C2)o1. The third-order valence-corrected chi connectivity index (χ3v) is 4.48. The Kier molecular flexibility index (Phi) is 4.15. The van der Waals surface area contributed by atoms with Gasteiger partial charge in [-0.05, 0) is 19.2 Å². The summed E-state index contributed by atoms with van der Waals surface area (Å²) in [7, 11) is 2.08. The molecule has 0 saturated carbocycles. The van der Waals surface area contributed by atoms with E-state index in [1.165, 1.54) is 0 Å².